The maximum absolute atomic E-state index is 11.8. The van der Waals surface area contributed by atoms with Crippen molar-refractivity contribution in [3.63, 3.8) is 0 Å². The molecule has 0 fully saturated rings. The van der Waals surface area contributed by atoms with Crippen molar-refractivity contribution >= 4 is 23.3 Å². The molecule has 3 rings (SSSR count). The number of benzene rings is 1. The summed E-state index contributed by atoms with van der Waals surface area (Å²) in [5.74, 6) is 0.780. The average molecular weight is 276 g/mol. The van der Waals surface area contributed by atoms with Crippen LogP contribution in [0.25, 0.3) is 5.76 Å². The van der Waals surface area contributed by atoms with Crippen LogP contribution in [0.15, 0.2) is 53.3 Å². The Balaban J connectivity index is 1.88. The minimum atomic E-state index is -0.773. The third kappa shape index (κ3) is 2.35. The maximum Gasteiger partial charge on any atom is 0.273 e. The molecule has 96 valence electrons. The number of carbonyl (C=O) groups is 1. The molecule has 1 aliphatic rings. The van der Waals surface area contributed by atoms with E-state index in [-0.39, 0.29) is 5.91 Å². The first-order valence-corrected chi connectivity index (χ1v) is 6.08. The van der Waals surface area contributed by atoms with Crippen molar-refractivity contribution in [2.24, 2.45) is 0 Å². The first-order chi connectivity index (χ1) is 9.24. The van der Waals surface area contributed by atoms with E-state index in [4.69, 9.17) is 20.8 Å². The molecule has 4 nitrogen and oxygen atoms in total. The van der Waals surface area contributed by atoms with Crippen LogP contribution in [0.4, 0.5) is 0 Å². The van der Waals surface area contributed by atoms with Gasteiger partial charge in [0.15, 0.2) is 5.76 Å². The molecule has 2 aromatic rings. The molecule has 0 bridgehead atoms. The van der Waals surface area contributed by atoms with Gasteiger partial charge in [-0.05, 0) is 36.4 Å². The molecule has 0 spiro atoms. The van der Waals surface area contributed by atoms with Crippen LogP contribution in [0, 0.1) is 0 Å². The quantitative estimate of drug-likeness (QED) is 0.916. The Morgan fingerprint density at radius 1 is 1.16 bits per heavy atom. The lowest BCUT2D eigenvalue weighted by Crippen LogP contribution is -2.31. The Labute approximate surface area is 114 Å². The molecular formula is C14H10ClNO3. The molecule has 1 amide bonds. The van der Waals surface area contributed by atoms with Gasteiger partial charge in [0.25, 0.3) is 5.91 Å². The summed E-state index contributed by atoms with van der Waals surface area (Å²) in [6.07, 6.45) is 2.27. The molecule has 1 aliphatic heterocycles. The Kier molecular flexibility index (Phi) is 3.01. The number of carbonyl (C=O) groups excluding carboxylic acids is 1. The zero-order valence-electron chi connectivity index (χ0n) is 9.80. The molecule has 1 aromatic heterocycles. The number of amides is 1. The summed E-state index contributed by atoms with van der Waals surface area (Å²) in [7, 11) is 0. The van der Waals surface area contributed by atoms with Crippen LogP contribution in [0.2, 0.25) is 5.02 Å². The van der Waals surface area contributed by atoms with Crippen LogP contribution >= 0.6 is 11.6 Å². The molecule has 0 aliphatic carbocycles. The van der Waals surface area contributed by atoms with Gasteiger partial charge < -0.3 is 14.5 Å². The molecule has 1 unspecified atom stereocenters. The van der Waals surface area contributed by atoms with Crippen LogP contribution in [-0.4, -0.2) is 5.91 Å². The molecule has 5 heteroatoms. The number of halogens is 1. The van der Waals surface area contributed by atoms with E-state index in [9.17, 15) is 4.79 Å². The summed E-state index contributed by atoms with van der Waals surface area (Å²) >= 11 is 5.84. The Bertz CT molecular complexity index is 617. The summed E-state index contributed by atoms with van der Waals surface area (Å²) < 4.78 is 10.9. The second kappa shape index (κ2) is 4.82. The van der Waals surface area contributed by atoms with Crippen LogP contribution in [0.5, 0.6) is 0 Å². The van der Waals surface area contributed by atoms with Crippen LogP contribution in [0.3, 0.4) is 0 Å². The van der Waals surface area contributed by atoms with Gasteiger partial charge >= 0.3 is 0 Å². The zero-order valence-corrected chi connectivity index (χ0v) is 10.6. The van der Waals surface area contributed by atoms with E-state index in [1.54, 1.807) is 24.3 Å². The monoisotopic (exact) mass is 275 g/mol. The highest BCUT2D eigenvalue weighted by Crippen LogP contribution is 2.29. The van der Waals surface area contributed by atoms with E-state index in [1.165, 1.54) is 12.5 Å². The molecule has 0 saturated heterocycles. The van der Waals surface area contributed by atoms with E-state index in [0.29, 0.717) is 16.5 Å². The summed E-state index contributed by atoms with van der Waals surface area (Å²) in [5, 5.41) is 3.31. The predicted molar refractivity (Wildman–Crippen MR) is 70.1 cm³/mol. The lowest BCUT2D eigenvalue weighted by atomic mass is 10.1. The lowest BCUT2D eigenvalue weighted by molar-refractivity contribution is -0.130. The lowest BCUT2D eigenvalue weighted by Gasteiger charge is -2.22. The van der Waals surface area contributed by atoms with E-state index in [1.807, 2.05) is 12.1 Å². The van der Waals surface area contributed by atoms with E-state index in [2.05, 4.69) is 5.32 Å². The van der Waals surface area contributed by atoms with E-state index < -0.39 is 6.10 Å². The minimum Gasteiger partial charge on any atom is -0.470 e. The fourth-order valence-corrected chi connectivity index (χ4v) is 1.95. The Hall–Kier alpha value is -2.20. The summed E-state index contributed by atoms with van der Waals surface area (Å²) in [6.45, 7) is 0. The molecule has 1 N–H and O–H groups in total. The maximum atomic E-state index is 11.8. The molecule has 2 heterocycles. The van der Waals surface area contributed by atoms with Gasteiger partial charge in [0.2, 0.25) is 6.10 Å². The van der Waals surface area contributed by atoms with Gasteiger partial charge in [0.05, 0.1) is 6.26 Å². The molecule has 19 heavy (non-hydrogen) atoms. The first kappa shape index (κ1) is 11.9. The van der Waals surface area contributed by atoms with Gasteiger partial charge in [-0.2, -0.15) is 0 Å². The van der Waals surface area contributed by atoms with Crippen molar-refractivity contribution in [3.05, 3.63) is 65.2 Å². The highest BCUT2D eigenvalue weighted by atomic mass is 35.5. The van der Waals surface area contributed by atoms with Gasteiger partial charge in [-0.25, -0.2) is 0 Å². The van der Waals surface area contributed by atoms with Crippen molar-refractivity contribution in [2.45, 2.75) is 6.10 Å². The SMILES string of the molecule is O=C1NC=C(c2ccc(Cl)cc2)OC1c1ccco1. The van der Waals surface area contributed by atoms with E-state index in [0.717, 1.165) is 5.56 Å². The van der Waals surface area contributed by atoms with Crippen molar-refractivity contribution in [1.82, 2.24) is 5.32 Å². The predicted octanol–water partition coefficient (Wildman–Crippen LogP) is 3.12. The van der Waals surface area contributed by atoms with Crippen molar-refractivity contribution < 1.29 is 13.9 Å². The standard InChI is InChI=1S/C14H10ClNO3/c15-10-5-3-9(4-6-10)12-8-16-14(17)13(19-12)11-2-1-7-18-11/h1-8,13H,(H,16,17). The van der Waals surface area contributed by atoms with Gasteiger partial charge in [0.1, 0.15) is 5.76 Å². The largest absolute Gasteiger partial charge is 0.470 e. The van der Waals surface area contributed by atoms with E-state index >= 15 is 0 Å². The molecular weight excluding hydrogens is 266 g/mol. The average Bonchev–Trinajstić information content (AvgIpc) is 2.94. The topological polar surface area (TPSA) is 51.5 Å². The normalized spacial score (nSPS) is 18.5. The number of ether oxygens (including phenoxy) is 1. The Morgan fingerprint density at radius 2 is 1.95 bits per heavy atom. The second-order valence-electron chi connectivity index (χ2n) is 4.04. The molecule has 0 saturated carbocycles. The van der Waals surface area contributed by atoms with Gasteiger partial charge in [0, 0.05) is 16.8 Å². The smallest absolute Gasteiger partial charge is 0.273 e. The minimum absolute atomic E-state index is 0.257. The number of rotatable bonds is 2. The van der Waals surface area contributed by atoms with Gasteiger partial charge in [-0.1, -0.05) is 11.6 Å². The van der Waals surface area contributed by atoms with Crippen molar-refractivity contribution in [3.8, 4) is 0 Å². The number of hydrogen-bond acceptors (Lipinski definition) is 3. The summed E-state index contributed by atoms with van der Waals surface area (Å²) in [6, 6.07) is 10.6. The van der Waals surface area contributed by atoms with Gasteiger partial charge in [-0.3, -0.25) is 4.79 Å². The third-order valence-corrected chi connectivity index (χ3v) is 3.01. The fraction of sp³-hybridized carbons (Fsp3) is 0.0714. The van der Waals surface area contributed by atoms with Crippen LogP contribution in [-0.2, 0) is 9.53 Å². The number of hydrogen-bond donors (Lipinski definition) is 1. The third-order valence-electron chi connectivity index (χ3n) is 2.76. The summed E-state index contributed by atoms with van der Waals surface area (Å²) in [4.78, 5) is 11.8. The number of furan rings is 1. The second-order valence-corrected chi connectivity index (χ2v) is 4.47. The number of nitrogens with one attached hydrogen (secondary N) is 1. The summed E-state index contributed by atoms with van der Waals surface area (Å²) in [5.41, 5.74) is 0.834. The van der Waals surface area contributed by atoms with Crippen LogP contribution in [0.1, 0.15) is 17.4 Å². The molecule has 1 aromatic carbocycles. The van der Waals surface area contributed by atoms with Crippen molar-refractivity contribution in [2.75, 3.05) is 0 Å². The molecule has 1 atom stereocenters. The molecule has 0 radical (unpaired) electrons. The van der Waals surface area contributed by atoms with Crippen molar-refractivity contribution in [1.29, 1.82) is 0 Å². The Morgan fingerprint density at radius 3 is 2.63 bits per heavy atom. The highest BCUT2D eigenvalue weighted by Gasteiger charge is 2.29. The fourth-order valence-electron chi connectivity index (χ4n) is 1.82. The van der Waals surface area contributed by atoms with Crippen LogP contribution < -0.4 is 5.32 Å². The highest BCUT2D eigenvalue weighted by molar-refractivity contribution is 6.30. The zero-order chi connectivity index (χ0) is 13.2. The van der Waals surface area contributed by atoms with Gasteiger partial charge in [-0.15, -0.1) is 0 Å². The first-order valence-electron chi connectivity index (χ1n) is 5.70.